The number of anilines is 1. The zero-order valence-electron chi connectivity index (χ0n) is 13.5. The monoisotopic (exact) mass is 314 g/mol. The first kappa shape index (κ1) is 15.5. The zero-order chi connectivity index (χ0) is 16.2. The summed E-state index contributed by atoms with van der Waals surface area (Å²) in [6.07, 6.45) is 4.57. The highest BCUT2D eigenvalue weighted by atomic mass is 16.5. The Morgan fingerprint density at radius 2 is 2.26 bits per heavy atom. The van der Waals surface area contributed by atoms with Crippen molar-refractivity contribution in [3.63, 3.8) is 0 Å². The molecular formula is C18H22N2O3. The number of benzene rings is 1. The summed E-state index contributed by atoms with van der Waals surface area (Å²) < 4.78 is 11.1. The second kappa shape index (κ2) is 6.77. The van der Waals surface area contributed by atoms with E-state index in [0.29, 0.717) is 18.0 Å². The van der Waals surface area contributed by atoms with Crippen LogP contribution in [0.1, 0.15) is 42.7 Å². The van der Waals surface area contributed by atoms with Gasteiger partial charge in [-0.2, -0.15) is 0 Å². The maximum Gasteiger partial charge on any atom is 0.319 e. The van der Waals surface area contributed by atoms with Crippen molar-refractivity contribution in [1.82, 2.24) is 5.32 Å². The first-order valence-corrected chi connectivity index (χ1v) is 8.04. The lowest BCUT2D eigenvalue weighted by molar-refractivity contribution is 0.246. The molecule has 2 aromatic rings. The molecule has 0 radical (unpaired) electrons. The third-order valence-electron chi connectivity index (χ3n) is 4.04. The minimum atomic E-state index is -0.228. The van der Waals surface area contributed by atoms with Crippen LogP contribution in [0.4, 0.5) is 10.5 Å². The first-order chi connectivity index (χ1) is 11.2. The molecule has 23 heavy (non-hydrogen) atoms. The van der Waals surface area contributed by atoms with Gasteiger partial charge in [-0.05, 0) is 50.5 Å². The Kier molecular flexibility index (Phi) is 4.55. The molecule has 0 saturated carbocycles. The number of nitrogens with one attached hydrogen (secondary N) is 2. The molecule has 0 spiro atoms. The van der Waals surface area contributed by atoms with E-state index in [1.165, 1.54) is 0 Å². The quantitative estimate of drug-likeness (QED) is 0.889. The molecule has 122 valence electrons. The minimum Gasteiger partial charge on any atom is -0.492 e. The highest BCUT2D eigenvalue weighted by molar-refractivity contribution is 5.91. The van der Waals surface area contributed by atoms with Crippen molar-refractivity contribution in [3.05, 3.63) is 47.4 Å². The number of hydrogen-bond donors (Lipinski definition) is 2. The molecule has 1 heterocycles. The van der Waals surface area contributed by atoms with E-state index < -0.39 is 0 Å². The Bertz CT molecular complexity index is 693. The van der Waals surface area contributed by atoms with Crippen LogP contribution >= 0.6 is 0 Å². The molecule has 3 rings (SSSR count). The number of fused-ring (bicyclic) bond motifs is 1. The molecule has 1 aliphatic rings. The third kappa shape index (κ3) is 3.50. The predicted octanol–water partition coefficient (Wildman–Crippen LogP) is 4.19. The van der Waals surface area contributed by atoms with Gasteiger partial charge >= 0.3 is 6.03 Å². The lowest BCUT2D eigenvalue weighted by Gasteiger charge is -2.23. The summed E-state index contributed by atoms with van der Waals surface area (Å²) >= 11 is 0. The zero-order valence-corrected chi connectivity index (χ0v) is 13.5. The predicted molar refractivity (Wildman–Crippen MR) is 88.9 cm³/mol. The SMILES string of the molecule is CCOc1cc(C)ccc1NC(=O)NC1CCCc2occc21. The standard InChI is InChI=1S/C18H22N2O3/c1-3-22-17-11-12(2)7-8-15(17)20-18(21)19-14-5-4-6-16-13(14)9-10-23-16/h7-11,14H,3-6H2,1-2H3,(H2,19,20,21). The largest absolute Gasteiger partial charge is 0.492 e. The molecular weight excluding hydrogens is 292 g/mol. The fraction of sp³-hybridized carbons (Fsp3) is 0.389. The van der Waals surface area contributed by atoms with Gasteiger partial charge in [0.1, 0.15) is 11.5 Å². The van der Waals surface area contributed by atoms with Crippen LogP contribution in [0.2, 0.25) is 0 Å². The van der Waals surface area contributed by atoms with Gasteiger partial charge in [-0.3, -0.25) is 0 Å². The number of urea groups is 1. The average Bonchev–Trinajstić information content (AvgIpc) is 3.00. The van der Waals surface area contributed by atoms with E-state index in [-0.39, 0.29) is 12.1 Å². The number of carbonyl (C=O) groups excluding carboxylic acids is 1. The molecule has 0 saturated heterocycles. The van der Waals surface area contributed by atoms with E-state index in [1.54, 1.807) is 6.26 Å². The van der Waals surface area contributed by atoms with E-state index in [9.17, 15) is 4.79 Å². The van der Waals surface area contributed by atoms with Crippen molar-refractivity contribution in [3.8, 4) is 5.75 Å². The van der Waals surface area contributed by atoms with Crippen molar-refractivity contribution in [1.29, 1.82) is 0 Å². The lowest BCUT2D eigenvalue weighted by Crippen LogP contribution is -2.34. The Hall–Kier alpha value is -2.43. The maximum atomic E-state index is 12.3. The molecule has 0 fully saturated rings. The second-order valence-corrected chi connectivity index (χ2v) is 5.78. The normalized spacial score (nSPS) is 16.5. The van der Waals surface area contributed by atoms with Gasteiger partial charge in [-0.15, -0.1) is 0 Å². The first-order valence-electron chi connectivity index (χ1n) is 8.04. The van der Waals surface area contributed by atoms with Crippen LogP contribution in [-0.4, -0.2) is 12.6 Å². The van der Waals surface area contributed by atoms with Crippen LogP contribution in [0.25, 0.3) is 0 Å². The van der Waals surface area contributed by atoms with Crippen molar-refractivity contribution in [2.45, 2.75) is 39.2 Å². The minimum absolute atomic E-state index is 0.00140. The highest BCUT2D eigenvalue weighted by Crippen LogP contribution is 2.31. The molecule has 1 aliphatic carbocycles. The fourth-order valence-electron chi connectivity index (χ4n) is 2.96. The molecule has 5 nitrogen and oxygen atoms in total. The number of aryl methyl sites for hydroxylation is 2. The van der Waals surface area contributed by atoms with Gasteiger partial charge in [-0.1, -0.05) is 6.07 Å². The van der Waals surface area contributed by atoms with Crippen molar-refractivity contribution >= 4 is 11.7 Å². The van der Waals surface area contributed by atoms with Crippen molar-refractivity contribution in [2.24, 2.45) is 0 Å². The molecule has 1 unspecified atom stereocenters. The van der Waals surface area contributed by atoms with Crippen LogP contribution < -0.4 is 15.4 Å². The molecule has 1 atom stereocenters. The summed E-state index contributed by atoms with van der Waals surface area (Å²) in [5, 5.41) is 5.92. The van der Waals surface area contributed by atoms with Gasteiger partial charge in [0.15, 0.2) is 0 Å². The van der Waals surface area contributed by atoms with Crippen molar-refractivity contribution < 1.29 is 13.9 Å². The van der Waals surface area contributed by atoms with Crippen LogP contribution in [-0.2, 0) is 6.42 Å². The summed E-state index contributed by atoms with van der Waals surface area (Å²) in [4.78, 5) is 12.3. The van der Waals surface area contributed by atoms with Gasteiger partial charge in [-0.25, -0.2) is 4.79 Å². The number of furan rings is 1. The molecule has 1 aromatic carbocycles. The number of hydrogen-bond acceptors (Lipinski definition) is 3. The smallest absolute Gasteiger partial charge is 0.319 e. The van der Waals surface area contributed by atoms with Gasteiger partial charge in [0, 0.05) is 12.0 Å². The summed E-state index contributed by atoms with van der Waals surface area (Å²) in [6, 6.07) is 7.45. The molecule has 2 N–H and O–H groups in total. The Balaban J connectivity index is 1.69. The number of rotatable bonds is 4. The summed E-state index contributed by atoms with van der Waals surface area (Å²) in [5.41, 5.74) is 2.85. The number of amides is 2. The van der Waals surface area contributed by atoms with Crippen LogP contribution in [0, 0.1) is 6.92 Å². The van der Waals surface area contributed by atoms with E-state index in [1.807, 2.05) is 38.1 Å². The molecule has 1 aromatic heterocycles. The summed E-state index contributed by atoms with van der Waals surface area (Å²) in [5.74, 6) is 1.67. The van der Waals surface area contributed by atoms with Crippen molar-refractivity contribution in [2.75, 3.05) is 11.9 Å². The van der Waals surface area contributed by atoms with Gasteiger partial charge < -0.3 is 19.8 Å². The molecule has 0 bridgehead atoms. The topological polar surface area (TPSA) is 63.5 Å². The Morgan fingerprint density at radius 1 is 1.39 bits per heavy atom. The molecule has 0 aliphatic heterocycles. The van der Waals surface area contributed by atoms with Crippen LogP contribution in [0.3, 0.4) is 0 Å². The number of ether oxygens (including phenoxy) is 1. The third-order valence-corrected chi connectivity index (χ3v) is 4.04. The van der Waals surface area contributed by atoms with E-state index in [2.05, 4.69) is 10.6 Å². The van der Waals surface area contributed by atoms with E-state index in [4.69, 9.17) is 9.15 Å². The van der Waals surface area contributed by atoms with Gasteiger partial charge in [0.05, 0.1) is 24.6 Å². The lowest BCUT2D eigenvalue weighted by atomic mass is 9.93. The average molecular weight is 314 g/mol. The highest BCUT2D eigenvalue weighted by Gasteiger charge is 2.24. The summed E-state index contributed by atoms with van der Waals surface area (Å²) in [6.45, 7) is 4.48. The number of carbonyl (C=O) groups is 1. The maximum absolute atomic E-state index is 12.3. The van der Waals surface area contributed by atoms with Gasteiger partial charge in [0.2, 0.25) is 0 Å². The molecule has 5 heteroatoms. The molecule has 2 amide bonds. The van der Waals surface area contributed by atoms with E-state index >= 15 is 0 Å². The fourth-order valence-corrected chi connectivity index (χ4v) is 2.96. The van der Waals surface area contributed by atoms with Crippen LogP contribution in [0.5, 0.6) is 5.75 Å². The Morgan fingerprint density at radius 3 is 3.09 bits per heavy atom. The van der Waals surface area contributed by atoms with Crippen LogP contribution in [0.15, 0.2) is 34.9 Å². The summed E-state index contributed by atoms with van der Waals surface area (Å²) in [7, 11) is 0. The Labute approximate surface area is 136 Å². The second-order valence-electron chi connectivity index (χ2n) is 5.78. The van der Waals surface area contributed by atoms with Gasteiger partial charge in [0.25, 0.3) is 0 Å². The van der Waals surface area contributed by atoms with E-state index in [0.717, 1.165) is 36.1 Å².